The summed E-state index contributed by atoms with van der Waals surface area (Å²) < 4.78 is 14.7. The van der Waals surface area contributed by atoms with Gasteiger partial charge in [-0.05, 0) is 68.5 Å². The van der Waals surface area contributed by atoms with Crippen molar-refractivity contribution in [2.45, 2.75) is 20.5 Å². The van der Waals surface area contributed by atoms with Gasteiger partial charge in [-0.15, -0.1) is 0 Å². The van der Waals surface area contributed by atoms with Crippen molar-refractivity contribution in [3.63, 3.8) is 0 Å². The molecule has 0 aliphatic heterocycles. The van der Waals surface area contributed by atoms with E-state index in [0.717, 1.165) is 28.0 Å². The SMILES string of the molecule is COc1ccc(-n2c(C)c(C(C)=O)c3cc(OCc4n[nH]c(=S)n4N)ccc32)cc1. The number of ketones is 1. The molecule has 2 aromatic carbocycles. The smallest absolute Gasteiger partial charge is 0.214 e. The molecule has 0 unspecified atom stereocenters. The molecule has 0 radical (unpaired) electrons. The molecule has 3 N–H and O–H groups in total. The van der Waals surface area contributed by atoms with Crippen LogP contribution in [0.15, 0.2) is 42.5 Å². The average Bonchev–Trinajstić information content (AvgIpc) is 3.21. The van der Waals surface area contributed by atoms with Crippen molar-refractivity contribution in [3.05, 3.63) is 64.3 Å². The van der Waals surface area contributed by atoms with Gasteiger partial charge in [0, 0.05) is 22.3 Å². The Balaban J connectivity index is 1.77. The minimum Gasteiger partial charge on any atom is -0.497 e. The number of H-pyrrole nitrogens is 1. The average molecular weight is 423 g/mol. The van der Waals surface area contributed by atoms with Gasteiger partial charge in [0.25, 0.3) is 0 Å². The van der Waals surface area contributed by atoms with Crippen LogP contribution >= 0.6 is 12.2 Å². The number of nitrogens with zero attached hydrogens (tertiary/aromatic N) is 3. The number of hydrogen-bond acceptors (Lipinski definition) is 6. The van der Waals surface area contributed by atoms with Crippen molar-refractivity contribution in [2.24, 2.45) is 0 Å². The predicted octanol–water partition coefficient (Wildman–Crippen LogP) is 3.70. The van der Waals surface area contributed by atoms with Gasteiger partial charge in [-0.2, -0.15) is 5.10 Å². The summed E-state index contributed by atoms with van der Waals surface area (Å²) in [5.41, 5.74) is 3.38. The molecule has 0 fully saturated rings. The highest BCUT2D eigenvalue weighted by Gasteiger charge is 2.19. The molecule has 154 valence electrons. The second-order valence-electron chi connectivity index (χ2n) is 6.83. The number of Topliss-reactive ketones (excluding diaryl/α,β-unsaturated/α-hetero) is 1. The van der Waals surface area contributed by atoms with Crippen LogP contribution in [0.3, 0.4) is 0 Å². The van der Waals surface area contributed by atoms with Gasteiger partial charge in [-0.1, -0.05) is 0 Å². The lowest BCUT2D eigenvalue weighted by atomic mass is 10.1. The summed E-state index contributed by atoms with van der Waals surface area (Å²) in [4.78, 5) is 12.4. The number of carbonyl (C=O) groups is 1. The van der Waals surface area contributed by atoms with Crippen molar-refractivity contribution in [2.75, 3.05) is 13.0 Å². The van der Waals surface area contributed by atoms with Gasteiger partial charge >= 0.3 is 0 Å². The number of rotatable bonds is 6. The zero-order valence-corrected chi connectivity index (χ0v) is 17.6. The van der Waals surface area contributed by atoms with Gasteiger partial charge in [0.1, 0.15) is 18.1 Å². The molecule has 0 atom stereocenters. The topological polar surface area (TPSA) is 100 Å². The van der Waals surface area contributed by atoms with E-state index in [2.05, 4.69) is 14.8 Å². The highest BCUT2D eigenvalue weighted by molar-refractivity contribution is 7.71. The normalized spacial score (nSPS) is 11.0. The lowest BCUT2D eigenvalue weighted by Crippen LogP contribution is -2.14. The Morgan fingerprint density at radius 1 is 1.20 bits per heavy atom. The standard InChI is InChI=1S/C21H21N5O3S/c1-12-20(13(2)27)17-10-16(29-11-19-23-24-21(30)26(19)22)8-9-18(17)25(12)14-4-6-15(28-3)7-5-14/h4-10H,11,22H2,1-3H3,(H,24,30). The molecule has 0 aliphatic carbocycles. The maximum Gasteiger partial charge on any atom is 0.214 e. The molecule has 2 aromatic heterocycles. The molecule has 4 aromatic rings. The third kappa shape index (κ3) is 3.33. The molecule has 8 nitrogen and oxygen atoms in total. The van der Waals surface area contributed by atoms with Crippen LogP contribution in [0.4, 0.5) is 0 Å². The number of carbonyl (C=O) groups excluding carboxylic acids is 1. The van der Waals surface area contributed by atoms with E-state index >= 15 is 0 Å². The molecule has 0 aliphatic rings. The summed E-state index contributed by atoms with van der Waals surface area (Å²) in [5.74, 6) is 7.65. The van der Waals surface area contributed by atoms with Crippen LogP contribution in [0, 0.1) is 11.7 Å². The lowest BCUT2D eigenvalue weighted by Gasteiger charge is -2.10. The van der Waals surface area contributed by atoms with E-state index in [1.807, 2.05) is 49.4 Å². The molecule has 9 heteroatoms. The van der Waals surface area contributed by atoms with Gasteiger partial charge in [0.15, 0.2) is 11.6 Å². The number of ether oxygens (including phenoxy) is 2. The molecule has 30 heavy (non-hydrogen) atoms. The number of nitrogens with two attached hydrogens (primary N) is 1. The highest BCUT2D eigenvalue weighted by Crippen LogP contribution is 2.33. The number of nitrogens with one attached hydrogen (secondary N) is 1. The summed E-state index contributed by atoms with van der Waals surface area (Å²) in [7, 11) is 1.63. The minimum absolute atomic E-state index is 0.00948. The zero-order valence-electron chi connectivity index (χ0n) is 16.8. The van der Waals surface area contributed by atoms with E-state index in [9.17, 15) is 4.79 Å². The molecule has 0 saturated carbocycles. The third-order valence-electron chi connectivity index (χ3n) is 5.00. The summed E-state index contributed by atoms with van der Waals surface area (Å²) in [6.07, 6.45) is 0. The molecule has 2 heterocycles. The number of aromatic nitrogens is 4. The zero-order chi connectivity index (χ0) is 21.4. The first kappa shape index (κ1) is 19.7. The monoisotopic (exact) mass is 423 g/mol. The van der Waals surface area contributed by atoms with E-state index in [1.54, 1.807) is 14.0 Å². The molecule has 0 saturated heterocycles. The fourth-order valence-electron chi connectivity index (χ4n) is 3.58. The Labute approximate surface area is 177 Å². The summed E-state index contributed by atoms with van der Waals surface area (Å²) in [6, 6.07) is 13.4. The van der Waals surface area contributed by atoms with Crippen LogP contribution in [0.25, 0.3) is 16.6 Å². The van der Waals surface area contributed by atoms with Crippen molar-refractivity contribution >= 4 is 28.9 Å². The quantitative estimate of drug-likeness (QED) is 0.279. The fourth-order valence-corrected chi connectivity index (χ4v) is 3.73. The number of nitrogen functional groups attached to an aromatic ring is 1. The molecule has 0 bridgehead atoms. The minimum atomic E-state index is -0.00948. The third-order valence-corrected chi connectivity index (χ3v) is 5.29. The Kier molecular flexibility index (Phi) is 5.04. The van der Waals surface area contributed by atoms with Gasteiger partial charge < -0.3 is 19.9 Å². The second kappa shape index (κ2) is 7.68. The summed E-state index contributed by atoms with van der Waals surface area (Å²) in [5, 5.41) is 7.48. The van der Waals surface area contributed by atoms with Crippen molar-refractivity contribution < 1.29 is 14.3 Å². The number of benzene rings is 2. The van der Waals surface area contributed by atoms with E-state index in [4.69, 9.17) is 27.5 Å². The number of methoxy groups -OCH3 is 1. The second-order valence-corrected chi connectivity index (χ2v) is 7.22. The first-order valence-corrected chi connectivity index (χ1v) is 9.66. The first-order valence-electron chi connectivity index (χ1n) is 9.25. The predicted molar refractivity (Wildman–Crippen MR) is 116 cm³/mol. The van der Waals surface area contributed by atoms with Crippen LogP contribution in [0.5, 0.6) is 11.5 Å². The van der Waals surface area contributed by atoms with Crippen LogP contribution in [-0.2, 0) is 6.61 Å². The van der Waals surface area contributed by atoms with E-state index < -0.39 is 0 Å². The number of aromatic amines is 1. The maximum absolute atomic E-state index is 12.4. The Morgan fingerprint density at radius 2 is 1.90 bits per heavy atom. The summed E-state index contributed by atoms with van der Waals surface area (Å²) in [6.45, 7) is 3.65. The maximum atomic E-state index is 12.4. The van der Waals surface area contributed by atoms with E-state index in [1.165, 1.54) is 4.68 Å². The van der Waals surface area contributed by atoms with Crippen molar-refractivity contribution in [1.29, 1.82) is 0 Å². The summed E-state index contributed by atoms with van der Waals surface area (Å²) >= 11 is 5.01. The Hall–Kier alpha value is -3.59. The van der Waals surface area contributed by atoms with E-state index in [-0.39, 0.29) is 12.4 Å². The van der Waals surface area contributed by atoms with Crippen LogP contribution in [0.1, 0.15) is 28.8 Å². The largest absolute Gasteiger partial charge is 0.497 e. The Bertz CT molecular complexity index is 1300. The molecular formula is C21H21N5O3S. The lowest BCUT2D eigenvalue weighted by molar-refractivity contribution is 0.101. The first-order chi connectivity index (χ1) is 14.4. The van der Waals surface area contributed by atoms with Crippen molar-refractivity contribution in [3.8, 4) is 17.2 Å². The molecule has 4 rings (SSSR count). The number of fused-ring (bicyclic) bond motifs is 1. The van der Waals surface area contributed by atoms with Crippen LogP contribution in [-0.4, -0.2) is 32.3 Å². The van der Waals surface area contributed by atoms with E-state index in [0.29, 0.717) is 21.9 Å². The molecule has 0 spiro atoms. The van der Waals surface area contributed by atoms with Gasteiger partial charge in [-0.3, -0.25) is 9.89 Å². The van der Waals surface area contributed by atoms with Crippen LogP contribution < -0.4 is 15.3 Å². The Morgan fingerprint density at radius 3 is 2.50 bits per heavy atom. The van der Waals surface area contributed by atoms with Crippen molar-refractivity contribution in [1.82, 2.24) is 19.4 Å². The highest BCUT2D eigenvalue weighted by atomic mass is 32.1. The van der Waals surface area contributed by atoms with Gasteiger partial charge in [-0.25, -0.2) is 4.68 Å². The van der Waals surface area contributed by atoms with Gasteiger partial charge in [0.2, 0.25) is 4.77 Å². The molecular weight excluding hydrogens is 402 g/mol. The fraction of sp³-hybridized carbons (Fsp3) is 0.190. The van der Waals surface area contributed by atoms with Gasteiger partial charge in [0.05, 0.1) is 12.6 Å². The molecule has 0 amide bonds. The number of hydrogen-bond donors (Lipinski definition) is 2. The van der Waals surface area contributed by atoms with Crippen LogP contribution in [0.2, 0.25) is 0 Å².